The lowest BCUT2D eigenvalue weighted by atomic mass is 10.1. The third-order valence-corrected chi connectivity index (χ3v) is 2.71. The van der Waals surface area contributed by atoms with E-state index in [1.54, 1.807) is 13.0 Å². The summed E-state index contributed by atoms with van der Waals surface area (Å²) in [5, 5.41) is 10.5. The number of aryl methyl sites for hydroxylation is 1. The molecule has 6 nitrogen and oxygen atoms in total. The second kappa shape index (κ2) is 5.17. The number of halogens is 3. The van der Waals surface area contributed by atoms with Crippen LogP contribution in [0.25, 0.3) is 22.8 Å². The van der Waals surface area contributed by atoms with Gasteiger partial charge in [0.15, 0.2) is 0 Å². The van der Waals surface area contributed by atoms with E-state index in [-0.39, 0.29) is 5.75 Å². The number of hydrogen-bond acceptors (Lipinski definition) is 5. The number of aromatic nitrogens is 4. The highest BCUT2D eigenvalue weighted by Gasteiger charge is 2.31. The SMILES string of the molecule is Cc1nc(-c2cc(-c3ccc(OC(F)(F)F)cc3)no2)n[nH]1. The lowest BCUT2D eigenvalue weighted by molar-refractivity contribution is -0.274. The van der Waals surface area contributed by atoms with Crippen LogP contribution in [0.5, 0.6) is 5.75 Å². The molecule has 114 valence electrons. The van der Waals surface area contributed by atoms with Gasteiger partial charge in [0.05, 0.1) is 0 Å². The van der Waals surface area contributed by atoms with Gasteiger partial charge in [0.1, 0.15) is 17.3 Å². The van der Waals surface area contributed by atoms with Gasteiger partial charge in [-0.25, -0.2) is 4.98 Å². The van der Waals surface area contributed by atoms with Gasteiger partial charge in [0.25, 0.3) is 0 Å². The molecule has 0 aliphatic carbocycles. The first-order valence-electron chi connectivity index (χ1n) is 6.13. The van der Waals surface area contributed by atoms with Crippen LogP contribution in [0.2, 0.25) is 0 Å². The van der Waals surface area contributed by atoms with Crippen LogP contribution in [0, 0.1) is 6.92 Å². The number of nitrogens with zero attached hydrogens (tertiary/aromatic N) is 3. The number of benzene rings is 1. The molecule has 0 atom stereocenters. The fraction of sp³-hybridized carbons (Fsp3) is 0.154. The molecular weight excluding hydrogens is 301 g/mol. The molecule has 0 aliphatic rings. The van der Waals surface area contributed by atoms with Crippen molar-refractivity contribution in [2.24, 2.45) is 0 Å². The number of hydrogen-bond donors (Lipinski definition) is 1. The van der Waals surface area contributed by atoms with Crippen LogP contribution >= 0.6 is 0 Å². The van der Waals surface area contributed by atoms with Crippen molar-refractivity contribution in [3.8, 4) is 28.6 Å². The standard InChI is InChI=1S/C13H9F3N4O2/c1-7-17-12(19-18-7)11-6-10(20-22-11)8-2-4-9(5-3-8)21-13(14,15)16/h2-6H,1H3,(H,17,18,19). The van der Waals surface area contributed by atoms with Crippen molar-refractivity contribution >= 4 is 0 Å². The third kappa shape index (κ3) is 3.08. The summed E-state index contributed by atoms with van der Waals surface area (Å²) < 4.78 is 45.2. The smallest absolute Gasteiger partial charge is 0.406 e. The van der Waals surface area contributed by atoms with Gasteiger partial charge in [0.2, 0.25) is 11.6 Å². The highest BCUT2D eigenvalue weighted by molar-refractivity contribution is 5.64. The summed E-state index contributed by atoms with van der Waals surface area (Å²) in [6, 6.07) is 6.91. The molecule has 3 rings (SSSR count). The average Bonchev–Trinajstić information content (AvgIpc) is 3.06. The van der Waals surface area contributed by atoms with Gasteiger partial charge >= 0.3 is 6.36 Å². The number of ether oxygens (including phenoxy) is 1. The van der Waals surface area contributed by atoms with Gasteiger partial charge in [-0.1, -0.05) is 5.16 Å². The number of H-pyrrole nitrogens is 1. The topological polar surface area (TPSA) is 76.8 Å². The molecule has 9 heteroatoms. The fourth-order valence-electron chi connectivity index (χ4n) is 1.80. The second-order valence-electron chi connectivity index (χ2n) is 4.39. The van der Waals surface area contributed by atoms with E-state index in [0.717, 1.165) is 0 Å². The molecule has 0 saturated carbocycles. The van der Waals surface area contributed by atoms with Crippen molar-refractivity contribution < 1.29 is 22.4 Å². The molecule has 0 saturated heterocycles. The minimum absolute atomic E-state index is 0.301. The van der Waals surface area contributed by atoms with Gasteiger partial charge in [-0.2, -0.15) is 0 Å². The average molecular weight is 310 g/mol. The third-order valence-electron chi connectivity index (χ3n) is 2.71. The van der Waals surface area contributed by atoms with Crippen LogP contribution in [0.3, 0.4) is 0 Å². The van der Waals surface area contributed by atoms with Gasteiger partial charge in [-0.15, -0.1) is 18.3 Å². The molecule has 1 N–H and O–H groups in total. The van der Waals surface area contributed by atoms with Crippen LogP contribution in [-0.2, 0) is 0 Å². The van der Waals surface area contributed by atoms with Crippen LogP contribution in [-0.4, -0.2) is 26.7 Å². The van der Waals surface area contributed by atoms with Gasteiger partial charge in [0, 0.05) is 11.6 Å². The molecule has 0 unspecified atom stereocenters. The Morgan fingerprint density at radius 1 is 1.18 bits per heavy atom. The van der Waals surface area contributed by atoms with E-state index < -0.39 is 6.36 Å². The Morgan fingerprint density at radius 2 is 1.91 bits per heavy atom. The molecule has 2 heterocycles. The first kappa shape index (κ1) is 14.1. The van der Waals surface area contributed by atoms with E-state index in [0.29, 0.717) is 28.7 Å². The lowest BCUT2D eigenvalue weighted by Gasteiger charge is -2.08. The maximum Gasteiger partial charge on any atom is 0.573 e. The zero-order valence-electron chi connectivity index (χ0n) is 11.2. The maximum atomic E-state index is 12.1. The normalized spacial score (nSPS) is 11.6. The number of aromatic amines is 1. The summed E-state index contributed by atoms with van der Waals surface area (Å²) in [6.07, 6.45) is -4.72. The van der Waals surface area contributed by atoms with Crippen molar-refractivity contribution in [1.82, 2.24) is 20.3 Å². The Labute approximate surface area is 121 Å². The molecule has 0 radical (unpaired) electrons. The van der Waals surface area contributed by atoms with Crippen molar-refractivity contribution in [3.05, 3.63) is 36.2 Å². The molecular formula is C13H9F3N4O2. The molecule has 1 aromatic carbocycles. The van der Waals surface area contributed by atoms with Gasteiger partial charge in [-0.05, 0) is 31.2 Å². The van der Waals surface area contributed by atoms with E-state index in [2.05, 4.69) is 25.1 Å². The molecule has 0 aliphatic heterocycles. The Bertz CT molecular complexity index is 777. The highest BCUT2D eigenvalue weighted by atomic mass is 19.4. The predicted octanol–water partition coefficient (Wildman–Crippen LogP) is 3.33. The first-order valence-corrected chi connectivity index (χ1v) is 6.13. The quantitative estimate of drug-likeness (QED) is 0.803. The van der Waals surface area contributed by atoms with Crippen molar-refractivity contribution in [2.45, 2.75) is 13.3 Å². The minimum Gasteiger partial charge on any atom is -0.406 e. The number of rotatable bonds is 3. The largest absolute Gasteiger partial charge is 0.573 e. The van der Waals surface area contributed by atoms with Crippen LogP contribution in [0.1, 0.15) is 5.82 Å². The van der Waals surface area contributed by atoms with E-state index in [9.17, 15) is 13.2 Å². The fourth-order valence-corrected chi connectivity index (χ4v) is 1.80. The molecule has 0 bridgehead atoms. The Balaban J connectivity index is 1.81. The highest BCUT2D eigenvalue weighted by Crippen LogP contribution is 2.27. The Morgan fingerprint density at radius 3 is 2.50 bits per heavy atom. The van der Waals surface area contributed by atoms with Crippen molar-refractivity contribution in [3.63, 3.8) is 0 Å². The van der Waals surface area contributed by atoms with E-state index in [1.807, 2.05) is 0 Å². The van der Waals surface area contributed by atoms with Gasteiger partial charge < -0.3 is 9.26 Å². The summed E-state index contributed by atoms with van der Waals surface area (Å²) in [6.45, 7) is 1.74. The zero-order valence-corrected chi connectivity index (χ0v) is 11.2. The summed E-state index contributed by atoms with van der Waals surface area (Å²) >= 11 is 0. The van der Waals surface area contributed by atoms with Gasteiger partial charge in [-0.3, -0.25) is 5.10 Å². The Hall–Kier alpha value is -2.84. The molecule has 0 fully saturated rings. The van der Waals surface area contributed by atoms with E-state index in [4.69, 9.17) is 4.52 Å². The number of nitrogens with one attached hydrogen (secondary N) is 1. The summed E-state index contributed by atoms with van der Waals surface area (Å²) in [5.74, 6) is 1.04. The molecule has 0 amide bonds. The van der Waals surface area contributed by atoms with Crippen LogP contribution in [0.15, 0.2) is 34.9 Å². The second-order valence-corrected chi connectivity index (χ2v) is 4.39. The van der Waals surface area contributed by atoms with Crippen molar-refractivity contribution in [2.75, 3.05) is 0 Å². The predicted molar refractivity (Wildman–Crippen MR) is 68.7 cm³/mol. The zero-order chi connectivity index (χ0) is 15.7. The maximum absolute atomic E-state index is 12.1. The van der Waals surface area contributed by atoms with E-state index >= 15 is 0 Å². The molecule has 3 aromatic rings. The summed E-state index contributed by atoms with van der Waals surface area (Å²) in [7, 11) is 0. The lowest BCUT2D eigenvalue weighted by Crippen LogP contribution is -2.16. The summed E-state index contributed by atoms with van der Waals surface area (Å²) in [4.78, 5) is 4.10. The first-order chi connectivity index (χ1) is 10.4. The molecule has 0 spiro atoms. The van der Waals surface area contributed by atoms with Crippen LogP contribution < -0.4 is 4.74 Å². The molecule has 22 heavy (non-hydrogen) atoms. The Kier molecular flexibility index (Phi) is 3.32. The van der Waals surface area contributed by atoms with Crippen molar-refractivity contribution in [1.29, 1.82) is 0 Å². The molecule has 2 aromatic heterocycles. The summed E-state index contributed by atoms with van der Waals surface area (Å²) in [5.41, 5.74) is 1.03. The monoisotopic (exact) mass is 310 g/mol. The number of alkyl halides is 3. The van der Waals surface area contributed by atoms with E-state index in [1.165, 1.54) is 24.3 Å². The minimum atomic E-state index is -4.72. The van der Waals surface area contributed by atoms with Crippen LogP contribution in [0.4, 0.5) is 13.2 Å².